The molecular formula is C17H11ClN2O. The van der Waals surface area contributed by atoms with Crippen LogP contribution >= 0.6 is 11.6 Å². The molecule has 0 atom stereocenters. The first-order chi connectivity index (χ1) is 10.2. The third-order valence-electron chi connectivity index (χ3n) is 3.47. The van der Waals surface area contributed by atoms with Gasteiger partial charge in [0, 0.05) is 28.7 Å². The summed E-state index contributed by atoms with van der Waals surface area (Å²) in [6.45, 7) is 0.554. The number of carbonyl (C=O) groups is 1. The van der Waals surface area contributed by atoms with Crippen molar-refractivity contribution >= 4 is 28.8 Å². The maximum atomic E-state index is 11.2. The Morgan fingerprint density at radius 2 is 2.10 bits per heavy atom. The number of hydrogen-bond acceptors (Lipinski definition) is 2. The van der Waals surface area contributed by atoms with Crippen LogP contribution < -0.4 is 0 Å². The molecule has 0 saturated carbocycles. The van der Waals surface area contributed by atoms with Crippen LogP contribution in [0.3, 0.4) is 0 Å². The maximum Gasteiger partial charge on any atom is 0.152 e. The van der Waals surface area contributed by atoms with E-state index in [0.29, 0.717) is 22.7 Å². The lowest BCUT2D eigenvalue weighted by atomic mass is 10.1. The molecule has 0 radical (unpaired) electrons. The Bertz CT molecular complexity index is 874. The monoisotopic (exact) mass is 294 g/mol. The lowest BCUT2D eigenvalue weighted by molar-refractivity contribution is 0.112. The summed E-state index contributed by atoms with van der Waals surface area (Å²) >= 11 is 6.22. The van der Waals surface area contributed by atoms with Crippen molar-refractivity contribution in [1.29, 1.82) is 5.26 Å². The van der Waals surface area contributed by atoms with Crippen LogP contribution in [-0.2, 0) is 6.54 Å². The van der Waals surface area contributed by atoms with Crippen molar-refractivity contribution in [2.75, 3.05) is 0 Å². The van der Waals surface area contributed by atoms with Crippen LogP contribution in [0.5, 0.6) is 0 Å². The summed E-state index contributed by atoms with van der Waals surface area (Å²) in [6.07, 6.45) is 2.80. The zero-order chi connectivity index (χ0) is 14.8. The van der Waals surface area contributed by atoms with E-state index in [2.05, 4.69) is 6.07 Å². The number of halogens is 1. The molecule has 3 rings (SSSR count). The number of nitrogens with zero attached hydrogens (tertiary/aromatic N) is 2. The van der Waals surface area contributed by atoms with Gasteiger partial charge in [-0.05, 0) is 29.8 Å². The number of hydrogen-bond donors (Lipinski definition) is 0. The molecule has 0 aliphatic heterocycles. The van der Waals surface area contributed by atoms with Crippen LogP contribution in [0.15, 0.2) is 48.7 Å². The number of carbonyl (C=O) groups excluding carboxylic acids is 1. The largest absolute Gasteiger partial charge is 0.342 e. The molecule has 0 unspecified atom stereocenters. The molecule has 1 heterocycles. The molecule has 21 heavy (non-hydrogen) atoms. The minimum absolute atomic E-state index is 0.537. The van der Waals surface area contributed by atoms with Gasteiger partial charge in [0.15, 0.2) is 6.29 Å². The summed E-state index contributed by atoms with van der Waals surface area (Å²) in [5.74, 6) is 0. The van der Waals surface area contributed by atoms with E-state index in [-0.39, 0.29) is 0 Å². The standard InChI is InChI=1S/C17H11ClN2O/c18-16-8-12(9-19)4-5-14(16)10-20-7-6-13-2-1-3-15(11-21)17(13)20/h1-8,11H,10H2. The highest BCUT2D eigenvalue weighted by Crippen LogP contribution is 2.23. The maximum absolute atomic E-state index is 11.2. The molecule has 0 saturated heterocycles. The summed E-state index contributed by atoms with van der Waals surface area (Å²) < 4.78 is 1.99. The normalized spacial score (nSPS) is 10.5. The smallest absolute Gasteiger partial charge is 0.152 e. The van der Waals surface area contributed by atoms with Gasteiger partial charge in [-0.3, -0.25) is 4.79 Å². The van der Waals surface area contributed by atoms with Gasteiger partial charge >= 0.3 is 0 Å². The molecule has 0 N–H and O–H groups in total. The minimum Gasteiger partial charge on any atom is -0.342 e. The molecule has 0 aliphatic rings. The van der Waals surface area contributed by atoms with Crippen molar-refractivity contribution in [3.05, 3.63) is 70.4 Å². The van der Waals surface area contributed by atoms with E-state index in [4.69, 9.17) is 16.9 Å². The van der Waals surface area contributed by atoms with E-state index in [9.17, 15) is 4.79 Å². The molecule has 1 aromatic heterocycles. The first-order valence-corrected chi connectivity index (χ1v) is 6.82. The minimum atomic E-state index is 0.537. The molecule has 0 fully saturated rings. The zero-order valence-corrected chi connectivity index (χ0v) is 11.8. The average Bonchev–Trinajstić information content (AvgIpc) is 2.92. The lowest BCUT2D eigenvalue weighted by Crippen LogP contribution is -2.01. The van der Waals surface area contributed by atoms with Gasteiger partial charge in [0.25, 0.3) is 0 Å². The second-order valence-corrected chi connectivity index (χ2v) is 5.17. The average molecular weight is 295 g/mol. The van der Waals surface area contributed by atoms with Crippen molar-refractivity contribution in [3.8, 4) is 6.07 Å². The number of benzene rings is 2. The molecule has 0 bridgehead atoms. The summed E-state index contributed by atoms with van der Waals surface area (Å²) in [5, 5.41) is 10.4. The van der Waals surface area contributed by atoms with E-state index < -0.39 is 0 Å². The Morgan fingerprint density at radius 1 is 1.24 bits per heavy atom. The number of rotatable bonds is 3. The number of para-hydroxylation sites is 1. The molecule has 3 nitrogen and oxygen atoms in total. The van der Waals surface area contributed by atoms with Gasteiger partial charge in [0.05, 0.1) is 17.1 Å². The molecule has 102 valence electrons. The molecule has 0 spiro atoms. The van der Waals surface area contributed by atoms with Gasteiger partial charge in [0.1, 0.15) is 0 Å². The van der Waals surface area contributed by atoms with Crippen LogP contribution in [0.1, 0.15) is 21.5 Å². The fourth-order valence-corrected chi connectivity index (χ4v) is 2.69. The van der Waals surface area contributed by atoms with Gasteiger partial charge < -0.3 is 4.57 Å². The highest BCUT2D eigenvalue weighted by atomic mass is 35.5. The quantitative estimate of drug-likeness (QED) is 0.685. The highest BCUT2D eigenvalue weighted by Gasteiger charge is 2.08. The Kier molecular flexibility index (Phi) is 3.47. The van der Waals surface area contributed by atoms with Gasteiger partial charge in [0.2, 0.25) is 0 Å². The van der Waals surface area contributed by atoms with Crippen LogP contribution in [0.4, 0.5) is 0 Å². The molecule has 4 heteroatoms. The first-order valence-electron chi connectivity index (χ1n) is 6.44. The second kappa shape index (κ2) is 5.43. The van der Waals surface area contributed by atoms with Crippen LogP contribution in [-0.4, -0.2) is 10.9 Å². The second-order valence-electron chi connectivity index (χ2n) is 4.76. The van der Waals surface area contributed by atoms with E-state index in [0.717, 1.165) is 22.8 Å². The van der Waals surface area contributed by atoms with E-state index in [1.807, 2.05) is 35.0 Å². The van der Waals surface area contributed by atoms with Crippen molar-refractivity contribution in [1.82, 2.24) is 4.57 Å². The van der Waals surface area contributed by atoms with Crippen LogP contribution in [0, 0.1) is 11.3 Å². The third-order valence-corrected chi connectivity index (χ3v) is 3.82. The summed E-state index contributed by atoms with van der Waals surface area (Å²) in [5.41, 5.74) is 3.00. The van der Waals surface area contributed by atoms with Gasteiger partial charge in [-0.25, -0.2) is 0 Å². The molecule has 0 amide bonds. The van der Waals surface area contributed by atoms with E-state index >= 15 is 0 Å². The highest BCUT2D eigenvalue weighted by molar-refractivity contribution is 6.31. The molecule has 0 aliphatic carbocycles. The SMILES string of the molecule is N#Cc1ccc(Cn2ccc3cccc(C=O)c32)c(Cl)c1. The zero-order valence-electron chi connectivity index (χ0n) is 11.1. The van der Waals surface area contributed by atoms with Crippen molar-refractivity contribution in [3.63, 3.8) is 0 Å². The summed E-state index contributed by atoms with van der Waals surface area (Å²) in [7, 11) is 0. The predicted molar refractivity (Wildman–Crippen MR) is 82.6 cm³/mol. The molecular weight excluding hydrogens is 284 g/mol. The van der Waals surface area contributed by atoms with Crippen molar-refractivity contribution in [2.45, 2.75) is 6.54 Å². The van der Waals surface area contributed by atoms with Crippen LogP contribution in [0.25, 0.3) is 10.9 Å². The molecule has 3 aromatic rings. The number of nitriles is 1. The molecule has 2 aromatic carbocycles. The fourth-order valence-electron chi connectivity index (χ4n) is 2.45. The topological polar surface area (TPSA) is 45.8 Å². The van der Waals surface area contributed by atoms with Gasteiger partial charge in [-0.1, -0.05) is 29.8 Å². The van der Waals surface area contributed by atoms with E-state index in [1.54, 1.807) is 18.2 Å². The van der Waals surface area contributed by atoms with Crippen LogP contribution in [0.2, 0.25) is 5.02 Å². The fraction of sp³-hybridized carbons (Fsp3) is 0.0588. The van der Waals surface area contributed by atoms with Gasteiger partial charge in [-0.2, -0.15) is 5.26 Å². The predicted octanol–water partition coefficient (Wildman–Crippen LogP) is 4.03. The van der Waals surface area contributed by atoms with E-state index in [1.165, 1.54) is 0 Å². The Balaban J connectivity index is 2.07. The van der Waals surface area contributed by atoms with Gasteiger partial charge in [-0.15, -0.1) is 0 Å². The number of aldehydes is 1. The summed E-state index contributed by atoms with van der Waals surface area (Å²) in [4.78, 5) is 11.2. The number of aromatic nitrogens is 1. The third kappa shape index (κ3) is 2.42. The van der Waals surface area contributed by atoms with Crippen molar-refractivity contribution < 1.29 is 4.79 Å². The Labute approximate surface area is 127 Å². The Hall–Kier alpha value is -2.57. The summed E-state index contributed by atoms with van der Waals surface area (Å²) in [6, 6.07) is 14.9. The first kappa shape index (κ1) is 13.4. The number of fused-ring (bicyclic) bond motifs is 1. The lowest BCUT2D eigenvalue weighted by Gasteiger charge is -2.09. The Morgan fingerprint density at radius 3 is 2.81 bits per heavy atom. The van der Waals surface area contributed by atoms with Crippen molar-refractivity contribution in [2.24, 2.45) is 0 Å².